The van der Waals surface area contributed by atoms with Gasteiger partial charge in [-0.2, -0.15) is 0 Å². The van der Waals surface area contributed by atoms with E-state index in [1.807, 2.05) is 31.2 Å². The Kier molecular flexibility index (Phi) is 3.49. The third-order valence-electron chi connectivity index (χ3n) is 4.10. The average molecular weight is 273 g/mol. The minimum absolute atomic E-state index is 0.163. The molecule has 0 bridgehead atoms. The molecule has 2 N–H and O–H groups in total. The first-order valence-corrected chi connectivity index (χ1v) is 7.14. The first-order valence-electron chi connectivity index (χ1n) is 7.14. The second-order valence-corrected chi connectivity index (χ2v) is 5.48. The number of benzene rings is 1. The summed E-state index contributed by atoms with van der Waals surface area (Å²) in [5.74, 6) is 0.119. The highest BCUT2D eigenvalue weighted by Gasteiger charge is 2.27. The van der Waals surface area contributed by atoms with Crippen molar-refractivity contribution in [1.82, 2.24) is 5.32 Å². The van der Waals surface area contributed by atoms with Crippen molar-refractivity contribution < 1.29 is 14.3 Å². The van der Waals surface area contributed by atoms with Crippen LogP contribution < -0.4 is 5.32 Å². The Morgan fingerprint density at radius 2 is 2.05 bits per heavy atom. The quantitative estimate of drug-likeness (QED) is 0.884. The van der Waals surface area contributed by atoms with Crippen molar-refractivity contribution in [3.05, 3.63) is 35.6 Å². The van der Waals surface area contributed by atoms with Crippen molar-refractivity contribution in [2.75, 3.05) is 0 Å². The SMILES string of the molecule is Cc1c(C(=O)N[C@H]2CCCC[C@@H]2O)oc2ccccc12. The third-order valence-corrected chi connectivity index (χ3v) is 4.10. The van der Waals surface area contributed by atoms with Crippen LogP contribution in [0.15, 0.2) is 28.7 Å². The van der Waals surface area contributed by atoms with Crippen LogP contribution in [0.1, 0.15) is 41.8 Å². The van der Waals surface area contributed by atoms with Crippen LogP contribution in [0.5, 0.6) is 0 Å². The molecule has 0 aliphatic heterocycles. The molecule has 4 nitrogen and oxygen atoms in total. The molecule has 1 amide bonds. The summed E-state index contributed by atoms with van der Waals surface area (Å²) in [6.45, 7) is 1.89. The fourth-order valence-corrected chi connectivity index (χ4v) is 2.90. The number of aliphatic hydroxyl groups is 1. The summed E-state index contributed by atoms with van der Waals surface area (Å²) in [6, 6.07) is 7.45. The molecule has 0 radical (unpaired) electrons. The highest BCUT2D eigenvalue weighted by atomic mass is 16.3. The molecule has 3 rings (SSSR count). The molecule has 1 aliphatic rings. The second-order valence-electron chi connectivity index (χ2n) is 5.48. The zero-order valence-electron chi connectivity index (χ0n) is 11.6. The molecular formula is C16H19NO3. The molecule has 0 unspecified atom stereocenters. The molecule has 1 heterocycles. The van der Waals surface area contributed by atoms with Crippen molar-refractivity contribution >= 4 is 16.9 Å². The van der Waals surface area contributed by atoms with Crippen LogP contribution in [-0.4, -0.2) is 23.2 Å². The van der Waals surface area contributed by atoms with Gasteiger partial charge in [-0.25, -0.2) is 0 Å². The van der Waals surface area contributed by atoms with Crippen molar-refractivity contribution in [2.24, 2.45) is 0 Å². The fraction of sp³-hybridized carbons (Fsp3) is 0.438. The molecule has 4 heteroatoms. The Balaban J connectivity index is 1.83. The lowest BCUT2D eigenvalue weighted by Crippen LogP contribution is -2.45. The number of hydrogen-bond acceptors (Lipinski definition) is 3. The summed E-state index contributed by atoms with van der Waals surface area (Å²) in [4.78, 5) is 12.3. The van der Waals surface area contributed by atoms with Gasteiger partial charge in [0.15, 0.2) is 5.76 Å². The molecule has 0 saturated heterocycles. The summed E-state index contributed by atoms with van der Waals surface area (Å²) in [6.07, 6.45) is 3.20. The minimum atomic E-state index is -0.447. The van der Waals surface area contributed by atoms with Gasteiger partial charge in [0.1, 0.15) is 5.58 Å². The molecule has 2 atom stereocenters. The van der Waals surface area contributed by atoms with Crippen LogP contribution in [-0.2, 0) is 0 Å². The largest absolute Gasteiger partial charge is 0.451 e. The van der Waals surface area contributed by atoms with E-state index in [0.29, 0.717) is 5.76 Å². The van der Waals surface area contributed by atoms with Gasteiger partial charge in [0.05, 0.1) is 12.1 Å². The number of aryl methyl sites for hydroxylation is 1. The van der Waals surface area contributed by atoms with E-state index in [4.69, 9.17) is 4.42 Å². The summed E-state index contributed by atoms with van der Waals surface area (Å²) in [5, 5.41) is 13.8. The van der Waals surface area contributed by atoms with Gasteiger partial charge in [-0.05, 0) is 25.8 Å². The van der Waals surface area contributed by atoms with Gasteiger partial charge in [0.2, 0.25) is 0 Å². The predicted octanol–water partition coefficient (Wildman–Crippen LogP) is 2.77. The van der Waals surface area contributed by atoms with Crippen LogP contribution in [0, 0.1) is 6.92 Å². The molecule has 1 aromatic heterocycles. The van der Waals surface area contributed by atoms with E-state index in [2.05, 4.69) is 5.32 Å². The van der Waals surface area contributed by atoms with E-state index in [1.165, 1.54) is 0 Å². The number of furan rings is 1. The van der Waals surface area contributed by atoms with Gasteiger partial charge in [0, 0.05) is 10.9 Å². The zero-order valence-corrected chi connectivity index (χ0v) is 11.6. The van der Waals surface area contributed by atoms with Crippen LogP contribution >= 0.6 is 0 Å². The second kappa shape index (κ2) is 5.29. The number of amides is 1. The number of carbonyl (C=O) groups is 1. The van der Waals surface area contributed by atoms with E-state index < -0.39 is 6.10 Å². The highest BCUT2D eigenvalue weighted by Crippen LogP contribution is 2.25. The van der Waals surface area contributed by atoms with E-state index in [-0.39, 0.29) is 11.9 Å². The van der Waals surface area contributed by atoms with E-state index >= 15 is 0 Å². The number of hydrogen-bond donors (Lipinski definition) is 2. The smallest absolute Gasteiger partial charge is 0.287 e. The van der Waals surface area contributed by atoms with E-state index in [1.54, 1.807) is 0 Å². The van der Waals surface area contributed by atoms with E-state index in [0.717, 1.165) is 42.2 Å². The molecule has 1 aromatic carbocycles. The van der Waals surface area contributed by atoms with Crippen molar-refractivity contribution in [2.45, 2.75) is 44.8 Å². The summed E-state index contributed by atoms with van der Waals surface area (Å²) >= 11 is 0. The number of nitrogens with one attached hydrogen (secondary N) is 1. The summed E-state index contributed by atoms with van der Waals surface area (Å²) in [7, 11) is 0. The zero-order chi connectivity index (χ0) is 14.1. The lowest BCUT2D eigenvalue weighted by atomic mass is 9.92. The molecule has 106 valence electrons. The Hall–Kier alpha value is -1.81. The Bertz CT molecular complexity index is 632. The Labute approximate surface area is 117 Å². The standard InChI is InChI=1S/C16H19NO3/c1-10-11-6-2-5-9-14(11)20-15(10)16(19)17-12-7-3-4-8-13(12)18/h2,5-6,9,12-13,18H,3-4,7-8H2,1H3,(H,17,19)/t12-,13-/m0/s1. The summed E-state index contributed by atoms with van der Waals surface area (Å²) < 4.78 is 5.64. The molecule has 1 aliphatic carbocycles. The number of fused-ring (bicyclic) bond motifs is 1. The lowest BCUT2D eigenvalue weighted by Gasteiger charge is -2.28. The van der Waals surface area contributed by atoms with Crippen LogP contribution in [0.2, 0.25) is 0 Å². The number of para-hydroxylation sites is 1. The lowest BCUT2D eigenvalue weighted by molar-refractivity contribution is 0.0699. The van der Waals surface area contributed by atoms with Crippen LogP contribution in [0.25, 0.3) is 11.0 Å². The van der Waals surface area contributed by atoms with Gasteiger partial charge >= 0.3 is 0 Å². The Morgan fingerprint density at radius 1 is 1.30 bits per heavy atom. The average Bonchev–Trinajstić information content (AvgIpc) is 2.79. The maximum atomic E-state index is 12.3. The predicted molar refractivity (Wildman–Crippen MR) is 76.7 cm³/mol. The van der Waals surface area contributed by atoms with Crippen molar-refractivity contribution in [3.63, 3.8) is 0 Å². The number of rotatable bonds is 2. The normalized spacial score (nSPS) is 22.9. The van der Waals surface area contributed by atoms with Crippen molar-refractivity contribution in [3.8, 4) is 0 Å². The third kappa shape index (κ3) is 2.31. The number of aliphatic hydroxyl groups excluding tert-OH is 1. The maximum absolute atomic E-state index is 12.3. The maximum Gasteiger partial charge on any atom is 0.287 e. The molecule has 2 aromatic rings. The topological polar surface area (TPSA) is 62.5 Å². The van der Waals surface area contributed by atoms with Gasteiger partial charge in [0.25, 0.3) is 5.91 Å². The Morgan fingerprint density at radius 3 is 2.80 bits per heavy atom. The first kappa shape index (κ1) is 13.2. The van der Waals surface area contributed by atoms with E-state index in [9.17, 15) is 9.90 Å². The van der Waals surface area contributed by atoms with Gasteiger partial charge < -0.3 is 14.8 Å². The first-order chi connectivity index (χ1) is 9.66. The number of carbonyl (C=O) groups excluding carboxylic acids is 1. The molecule has 1 saturated carbocycles. The fourth-order valence-electron chi connectivity index (χ4n) is 2.90. The van der Waals surface area contributed by atoms with Crippen molar-refractivity contribution in [1.29, 1.82) is 0 Å². The monoisotopic (exact) mass is 273 g/mol. The minimum Gasteiger partial charge on any atom is -0.451 e. The van der Waals surface area contributed by atoms with Crippen LogP contribution in [0.4, 0.5) is 0 Å². The molecular weight excluding hydrogens is 254 g/mol. The van der Waals surface area contributed by atoms with Gasteiger partial charge in [-0.1, -0.05) is 31.0 Å². The molecule has 1 fully saturated rings. The summed E-state index contributed by atoms with van der Waals surface area (Å²) in [5.41, 5.74) is 1.57. The van der Waals surface area contributed by atoms with Gasteiger partial charge in [-0.15, -0.1) is 0 Å². The van der Waals surface area contributed by atoms with Crippen LogP contribution in [0.3, 0.4) is 0 Å². The van der Waals surface area contributed by atoms with Gasteiger partial charge in [-0.3, -0.25) is 4.79 Å². The molecule has 20 heavy (non-hydrogen) atoms. The molecule has 0 spiro atoms. The highest BCUT2D eigenvalue weighted by molar-refractivity contribution is 5.99.